The van der Waals surface area contributed by atoms with E-state index in [9.17, 15) is 0 Å². The Bertz CT molecular complexity index is 740. The summed E-state index contributed by atoms with van der Waals surface area (Å²) in [6.45, 7) is 1.72. The van der Waals surface area contributed by atoms with Crippen LogP contribution in [0.15, 0.2) is 59.5 Å². The van der Waals surface area contributed by atoms with Gasteiger partial charge in [-0.25, -0.2) is 0 Å². The Morgan fingerprint density at radius 3 is 2.91 bits per heavy atom. The molecule has 0 spiro atoms. The van der Waals surface area contributed by atoms with Gasteiger partial charge in [-0.1, -0.05) is 18.2 Å². The summed E-state index contributed by atoms with van der Waals surface area (Å²) < 4.78 is 12.8. The number of benzene rings is 1. The highest BCUT2D eigenvalue weighted by atomic mass is 16.5. The van der Waals surface area contributed by atoms with Crippen molar-refractivity contribution in [1.82, 2.24) is 9.78 Å². The molecule has 4 rings (SSSR count). The minimum absolute atomic E-state index is 0.310. The van der Waals surface area contributed by atoms with Gasteiger partial charge in [0.05, 0.1) is 30.9 Å². The maximum atomic E-state index is 5.67. The molecule has 0 bridgehead atoms. The molecule has 0 aliphatic carbocycles. The van der Waals surface area contributed by atoms with E-state index in [1.54, 1.807) is 12.5 Å². The van der Waals surface area contributed by atoms with Crippen LogP contribution in [0.2, 0.25) is 0 Å². The zero-order valence-corrected chi connectivity index (χ0v) is 12.3. The monoisotopic (exact) mass is 294 g/mol. The molecule has 4 nitrogen and oxygen atoms in total. The van der Waals surface area contributed by atoms with E-state index in [0.717, 1.165) is 48.4 Å². The molecule has 1 fully saturated rings. The summed E-state index contributed by atoms with van der Waals surface area (Å²) in [4.78, 5) is 0. The molecule has 1 aliphatic heterocycles. The number of hydrogen-bond donors (Lipinski definition) is 0. The van der Waals surface area contributed by atoms with Crippen molar-refractivity contribution < 1.29 is 9.15 Å². The van der Waals surface area contributed by atoms with Gasteiger partial charge in [-0.2, -0.15) is 5.10 Å². The Kier molecular flexibility index (Phi) is 3.52. The standard InChI is InChI=1S/C18H18N2O2/c1-3-14(16-7-10-21-13-16)11-15(4-1)18-6-8-20(19-18)12-17-5-2-9-22-17/h1,3-4,6-8,10-11,13,17H,2,5,9,12H2/t17-/m0/s1. The largest absolute Gasteiger partial charge is 0.472 e. The van der Waals surface area contributed by atoms with Crippen molar-refractivity contribution in [2.45, 2.75) is 25.5 Å². The average Bonchev–Trinajstić information content (AvgIpc) is 3.31. The van der Waals surface area contributed by atoms with E-state index in [1.165, 1.54) is 0 Å². The van der Waals surface area contributed by atoms with Crippen LogP contribution in [0.1, 0.15) is 12.8 Å². The maximum Gasteiger partial charge on any atom is 0.0980 e. The lowest BCUT2D eigenvalue weighted by Crippen LogP contribution is -2.15. The lowest BCUT2D eigenvalue weighted by Gasteiger charge is -2.08. The zero-order valence-electron chi connectivity index (χ0n) is 12.3. The summed E-state index contributed by atoms with van der Waals surface area (Å²) in [5.41, 5.74) is 4.33. The van der Waals surface area contributed by atoms with Crippen LogP contribution < -0.4 is 0 Å². The van der Waals surface area contributed by atoms with Crippen LogP contribution >= 0.6 is 0 Å². The van der Waals surface area contributed by atoms with E-state index in [2.05, 4.69) is 35.4 Å². The van der Waals surface area contributed by atoms with Gasteiger partial charge in [0, 0.05) is 23.9 Å². The minimum atomic E-state index is 0.310. The van der Waals surface area contributed by atoms with Crippen molar-refractivity contribution in [3.05, 3.63) is 55.1 Å². The van der Waals surface area contributed by atoms with Gasteiger partial charge in [0.25, 0.3) is 0 Å². The van der Waals surface area contributed by atoms with Crippen molar-refractivity contribution in [1.29, 1.82) is 0 Å². The van der Waals surface area contributed by atoms with Crippen LogP contribution in [0.5, 0.6) is 0 Å². The predicted molar refractivity (Wildman–Crippen MR) is 84.3 cm³/mol. The summed E-state index contributed by atoms with van der Waals surface area (Å²) in [5, 5.41) is 4.68. The Balaban J connectivity index is 1.57. The molecular weight excluding hydrogens is 276 g/mol. The molecule has 3 aromatic rings. The molecule has 0 unspecified atom stereocenters. The van der Waals surface area contributed by atoms with Crippen molar-refractivity contribution in [2.24, 2.45) is 0 Å². The van der Waals surface area contributed by atoms with Gasteiger partial charge < -0.3 is 9.15 Å². The second kappa shape index (κ2) is 5.81. The van der Waals surface area contributed by atoms with Gasteiger partial charge in [-0.05, 0) is 36.6 Å². The van der Waals surface area contributed by atoms with E-state index < -0.39 is 0 Å². The number of ether oxygens (including phenoxy) is 1. The molecule has 22 heavy (non-hydrogen) atoms. The Morgan fingerprint density at radius 2 is 2.09 bits per heavy atom. The number of aromatic nitrogens is 2. The van der Waals surface area contributed by atoms with Crippen molar-refractivity contribution in [2.75, 3.05) is 6.61 Å². The van der Waals surface area contributed by atoms with Gasteiger partial charge in [0.15, 0.2) is 0 Å². The van der Waals surface area contributed by atoms with Crippen LogP contribution in [0, 0.1) is 0 Å². The smallest absolute Gasteiger partial charge is 0.0980 e. The summed E-state index contributed by atoms with van der Waals surface area (Å²) in [5.74, 6) is 0. The fourth-order valence-corrected chi connectivity index (χ4v) is 2.90. The van der Waals surface area contributed by atoms with Gasteiger partial charge >= 0.3 is 0 Å². The lowest BCUT2D eigenvalue weighted by atomic mass is 10.0. The van der Waals surface area contributed by atoms with E-state index in [0.29, 0.717) is 6.10 Å². The molecule has 4 heteroatoms. The average molecular weight is 294 g/mol. The van der Waals surface area contributed by atoms with Crippen molar-refractivity contribution in [3.8, 4) is 22.4 Å². The molecule has 3 heterocycles. The van der Waals surface area contributed by atoms with Crippen LogP contribution in [-0.4, -0.2) is 22.5 Å². The SMILES string of the molecule is c1cc(-c2ccoc2)cc(-c2ccn(C[C@@H]3CCCO3)n2)c1. The highest BCUT2D eigenvalue weighted by Gasteiger charge is 2.16. The first-order valence-corrected chi connectivity index (χ1v) is 7.66. The molecule has 0 N–H and O–H groups in total. The molecular formula is C18H18N2O2. The first kappa shape index (κ1) is 13.3. The number of furan rings is 1. The lowest BCUT2D eigenvalue weighted by molar-refractivity contribution is 0.0940. The molecule has 1 aromatic carbocycles. The molecule has 1 saturated heterocycles. The highest BCUT2D eigenvalue weighted by molar-refractivity contribution is 5.70. The van der Waals surface area contributed by atoms with Crippen molar-refractivity contribution >= 4 is 0 Å². The third kappa shape index (κ3) is 2.70. The molecule has 0 radical (unpaired) electrons. The van der Waals surface area contributed by atoms with E-state index in [-0.39, 0.29) is 0 Å². The molecule has 2 aromatic heterocycles. The number of nitrogens with zero attached hydrogens (tertiary/aromatic N) is 2. The second-order valence-corrected chi connectivity index (χ2v) is 5.65. The zero-order chi connectivity index (χ0) is 14.8. The van der Waals surface area contributed by atoms with E-state index >= 15 is 0 Å². The Labute approximate surface area is 129 Å². The van der Waals surface area contributed by atoms with Gasteiger partial charge in [0.2, 0.25) is 0 Å². The van der Waals surface area contributed by atoms with Crippen LogP contribution in [-0.2, 0) is 11.3 Å². The van der Waals surface area contributed by atoms with Crippen LogP contribution in [0.3, 0.4) is 0 Å². The van der Waals surface area contributed by atoms with E-state index in [1.807, 2.05) is 16.9 Å². The van der Waals surface area contributed by atoms with Gasteiger partial charge in [-0.3, -0.25) is 4.68 Å². The minimum Gasteiger partial charge on any atom is -0.472 e. The number of hydrogen-bond acceptors (Lipinski definition) is 3. The molecule has 112 valence electrons. The second-order valence-electron chi connectivity index (χ2n) is 5.65. The first-order valence-electron chi connectivity index (χ1n) is 7.66. The topological polar surface area (TPSA) is 40.2 Å². The maximum absolute atomic E-state index is 5.67. The fraction of sp³-hybridized carbons (Fsp3) is 0.278. The third-order valence-corrected chi connectivity index (χ3v) is 4.07. The summed E-state index contributed by atoms with van der Waals surface area (Å²) >= 11 is 0. The highest BCUT2D eigenvalue weighted by Crippen LogP contribution is 2.26. The summed E-state index contributed by atoms with van der Waals surface area (Å²) in [7, 11) is 0. The first-order chi connectivity index (χ1) is 10.9. The van der Waals surface area contributed by atoms with Crippen molar-refractivity contribution in [3.63, 3.8) is 0 Å². The molecule has 1 atom stereocenters. The van der Waals surface area contributed by atoms with Gasteiger partial charge in [0.1, 0.15) is 0 Å². The number of rotatable bonds is 4. The summed E-state index contributed by atoms with van der Waals surface area (Å²) in [6.07, 6.45) is 8.08. The van der Waals surface area contributed by atoms with Crippen LogP contribution in [0.25, 0.3) is 22.4 Å². The van der Waals surface area contributed by atoms with Crippen LogP contribution in [0.4, 0.5) is 0 Å². The molecule has 0 saturated carbocycles. The summed E-state index contributed by atoms with van der Waals surface area (Å²) in [6, 6.07) is 12.4. The molecule has 1 aliphatic rings. The quantitative estimate of drug-likeness (QED) is 0.730. The third-order valence-electron chi connectivity index (χ3n) is 4.07. The normalized spacial score (nSPS) is 17.9. The molecule has 0 amide bonds. The van der Waals surface area contributed by atoms with Gasteiger partial charge in [-0.15, -0.1) is 0 Å². The fourth-order valence-electron chi connectivity index (χ4n) is 2.90. The Hall–Kier alpha value is -2.33. The predicted octanol–water partition coefficient (Wildman–Crippen LogP) is 3.99. The van der Waals surface area contributed by atoms with E-state index in [4.69, 9.17) is 9.15 Å². The Morgan fingerprint density at radius 1 is 1.14 bits per heavy atom.